The Hall–Kier alpha value is -4.20. The largest absolute Gasteiger partial charge is 0.457 e. The Morgan fingerprint density at radius 1 is 0.500 bits per heavy atom. The minimum absolute atomic E-state index is 0.0142. The van der Waals surface area contributed by atoms with Crippen molar-refractivity contribution in [3.63, 3.8) is 0 Å². The first-order valence-electron chi connectivity index (χ1n) is 14.6. The standard InChI is InChI=1S/C37H36O5S2/c1-5-37(4,6-2)30-13-23-35(24-14-30)43(38,39)33-19-9-28(10-20-33)29-11-21-34(22-12-29)44(40,41)36-25-17-32(18-26-36)42-31-15-7-27(3)8-16-31/h7-26H,5-6H2,1-4H3. The zero-order valence-corrected chi connectivity index (χ0v) is 27.0. The fraction of sp³-hybridized carbons (Fsp3) is 0.189. The lowest BCUT2D eigenvalue weighted by Crippen LogP contribution is -2.19. The Kier molecular flexibility index (Phi) is 8.82. The zero-order valence-electron chi connectivity index (χ0n) is 25.3. The van der Waals surface area contributed by atoms with Crippen LogP contribution in [0.3, 0.4) is 0 Å². The number of hydrogen-bond acceptors (Lipinski definition) is 5. The van der Waals surface area contributed by atoms with E-state index in [1.54, 1.807) is 72.8 Å². The highest BCUT2D eigenvalue weighted by molar-refractivity contribution is 7.91. The number of benzene rings is 5. The predicted molar refractivity (Wildman–Crippen MR) is 175 cm³/mol. The van der Waals surface area contributed by atoms with Gasteiger partial charge in [0.15, 0.2) is 0 Å². The molecule has 0 aliphatic heterocycles. The van der Waals surface area contributed by atoms with Crippen molar-refractivity contribution in [2.75, 3.05) is 0 Å². The lowest BCUT2D eigenvalue weighted by Gasteiger charge is -2.27. The van der Waals surface area contributed by atoms with Crippen molar-refractivity contribution in [3.8, 4) is 22.6 Å². The van der Waals surface area contributed by atoms with E-state index in [0.717, 1.165) is 35.1 Å². The topological polar surface area (TPSA) is 77.5 Å². The van der Waals surface area contributed by atoms with E-state index in [-0.39, 0.29) is 25.0 Å². The first-order valence-corrected chi connectivity index (χ1v) is 17.6. The Labute approximate surface area is 261 Å². The Bertz CT molecular complexity index is 1940. The Morgan fingerprint density at radius 2 is 0.818 bits per heavy atom. The maximum Gasteiger partial charge on any atom is 0.206 e. The van der Waals surface area contributed by atoms with Crippen LogP contribution in [0.5, 0.6) is 11.5 Å². The van der Waals surface area contributed by atoms with Gasteiger partial charge in [0.2, 0.25) is 19.7 Å². The fourth-order valence-corrected chi connectivity index (χ4v) is 7.57. The number of rotatable bonds is 10. The minimum atomic E-state index is -3.74. The first kappa shape index (κ1) is 31.2. The van der Waals surface area contributed by atoms with Crippen LogP contribution in [0.25, 0.3) is 11.1 Å². The van der Waals surface area contributed by atoms with Gasteiger partial charge in [-0.05, 0) is 115 Å². The third-order valence-corrected chi connectivity index (χ3v) is 12.0. The molecule has 0 aromatic heterocycles. The molecule has 5 nitrogen and oxygen atoms in total. The highest BCUT2D eigenvalue weighted by Gasteiger charge is 2.24. The highest BCUT2D eigenvalue weighted by atomic mass is 32.2. The van der Waals surface area contributed by atoms with Gasteiger partial charge >= 0.3 is 0 Å². The lowest BCUT2D eigenvalue weighted by atomic mass is 9.78. The fourth-order valence-electron chi connectivity index (χ4n) is 5.05. The van der Waals surface area contributed by atoms with Gasteiger partial charge in [-0.1, -0.05) is 74.9 Å². The number of aryl methyl sites for hydroxylation is 1. The number of hydrogen-bond donors (Lipinski definition) is 0. The summed E-state index contributed by atoms with van der Waals surface area (Å²) in [7, 11) is -7.42. The van der Waals surface area contributed by atoms with E-state index >= 15 is 0 Å². The molecule has 226 valence electrons. The van der Waals surface area contributed by atoms with Crippen molar-refractivity contribution < 1.29 is 21.6 Å². The summed E-state index contributed by atoms with van der Waals surface area (Å²) in [6.45, 7) is 8.47. The van der Waals surface area contributed by atoms with Crippen LogP contribution >= 0.6 is 0 Å². The van der Waals surface area contributed by atoms with E-state index in [1.807, 2.05) is 43.3 Å². The number of ether oxygens (including phenoxy) is 1. The van der Waals surface area contributed by atoms with Crippen LogP contribution in [0, 0.1) is 6.92 Å². The summed E-state index contributed by atoms with van der Waals surface area (Å²) < 4.78 is 59.0. The summed E-state index contributed by atoms with van der Waals surface area (Å²) in [6.07, 6.45) is 1.95. The van der Waals surface area contributed by atoms with Crippen LogP contribution in [0.1, 0.15) is 44.7 Å². The van der Waals surface area contributed by atoms with Crippen LogP contribution in [0.4, 0.5) is 0 Å². The van der Waals surface area contributed by atoms with Crippen molar-refractivity contribution in [2.45, 2.75) is 65.5 Å². The maximum absolute atomic E-state index is 13.3. The molecular formula is C37H36O5S2. The Morgan fingerprint density at radius 3 is 1.18 bits per heavy atom. The molecule has 0 saturated heterocycles. The summed E-state index contributed by atoms with van der Waals surface area (Å²) in [5, 5.41) is 0. The molecule has 0 spiro atoms. The lowest BCUT2D eigenvalue weighted by molar-refractivity contribution is 0.438. The second-order valence-electron chi connectivity index (χ2n) is 11.2. The molecule has 0 unspecified atom stereocenters. The van der Waals surface area contributed by atoms with Gasteiger partial charge in [-0.25, -0.2) is 16.8 Å². The van der Waals surface area contributed by atoms with Gasteiger partial charge in [-0.15, -0.1) is 0 Å². The molecule has 44 heavy (non-hydrogen) atoms. The van der Waals surface area contributed by atoms with Gasteiger partial charge in [-0.3, -0.25) is 0 Å². The normalized spacial score (nSPS) is 12.2. The molecule has 0 fully saturated rings. The summed E-state index contributed by atoms with van der Waals surface area (Å²) in [5.41, 5.74) is 3.82. The van der Waals surface area contributed by atoms with Crippen LogP contribution < -0.4 is 4.74 Å². The molecule has 5 aromatic rings. The third kappa shape index (κ3) is 6.35. The SMILES string of the molecule is CCC(C)(CC)c1ccc(S(=O)(=O)c2ccc(-c3ccc(S(=O)(=O)c4ccc(Oc5ccc(C)cc5)cc4)cc3)cc2)cc1. The van der Waals surface area contributed by atoms with Crippen molar-refractivity contribution >= 4 is 19.7 Å². The Balaban J connectivity index is 1.30. The molecule has 0 amide bonds. The second kappa shape index (κ2) is 12.4. The van der Waals surface area contributed by atoms with Crippen LogP contribution in [-0.4, -0.2) is 16.8 Å². The molecule has 0 aliphatic rings. The van der Waals surface area contributed by atoms with Crippen LogP contribution in [0.15, 0.2) is 141 Å². The minimum Gasteiger partial charge on any atom is -0.457 e. The van der Waals surface area contributed by atoms with E-state index in [4.69, 9.17) is 4.74 Å². The van der Waals surface area contributed by atoms with Crippen molar-refractivity contribution in [1.82, 2.24) is 0 Å². The molecule has 0 saturated carbocycles. The molecule has 0 atom stereocenters. The molecule has 0 bridgehead atoms. The van der Waals surface area contributed by atoms with E-state index in [1.165, 1.54) is 12.1 Å². The van der Waals surface area contributed by atoms with E-state index in [9.17, 15) is 16.8 Å². The molecule has 0 aliphatic carbocycles. The van der Waals surface area contributed by atoms with E-state index < -0.39 is 19.7 Å². The quantitative estimate of drug-likeness (QED) is 0.155. The average molecular weight is 625 g/mol. The summed E-state index contributed by atoms with van der Waals surface area (Å²) in [6, 6.07) is 34.4. The van der Waals surface area contributed by atoms with Gasteiger partial charge in [-0.2, -0.15) is 0 Å². The van der Waals surface area contributed by atoms with Gasteiger partial charge in [0, 0.05) is 0 Å². The van der Waals surface area contributed by atoms with Gasteiger partial charge in [0.05, 0.1) is 19.6 Å². The second-order valence-corrected chi connectivity index (χ2v) is 15.1. The molecule has 0 radical (unpaired) electrons. The summed E-state index contributed by atoms with van der Waals surface area (Å²) in [4.78, 5) is 0.793. The van der Waals surface area contributed by atoms with Gasteiger partial charge in [0.25, 0.3) is 0 Å². The van der Waals surface area contributed by atoms with E-state index in [2.05, 4.69) is 20.8 Å². The van der Waals surface area contributed by atoms with Crippen LogP contribution in [0.2, 0.25) is 0 Å². The van der Waals surface area contributed by atoms with E-state index in [0.29, 0.717) is 11.5 Å². The van der Waals surface area contributed by atoms with Crippen molar-refractivity contribution in [1.29, 1.82) is 0 Å². The monoisotopic (exact) mass is 624 g/mol. The highest BCUT2D eigenvalue weighted by Crippen LogP contribution is 2.33. The van der Waals surface area contributed by atoms with Crippen molar-refractivity contribution in [2.24, 2.45) is 0 Å². The summed E-state index contributed by atoms with van der Waals surface area (Å²) in [5.74, 6) is 1.22. The third-order valence-electron chi connectivity index (χ3n) is 8.48. The smallest absolute Gasteiger partial charge is 0.206 e. The maximum atomic E-state index is 13.3. The summed E-state index contributed by atoms with van der Waals surface area (Å²) >= 11 is 0. The predicted octanol–water partition coefficient (Wildman–Crippen LogP) is 9.20. The molecule has 5 rings (SSSR count). The van der Waals surface area contributed by atoms with Gasteiger partial charge in [0.1, 0.15) is 11.5 Å². The number of sulfone groups is 2. The van der Waals surface area contributed by atoms with Crippen molar-refractivity contribution in [3.05, 3.63) is 132 Å². The molecule has 7 heteroatoms. The first-order chi connectivity index (χ1) is 21.0. The molecule has 0 heterocycles. The van der Waals surface area contributed by atoms with Gasteiger partial charge < -0.3 is 4.74 Å². The zero-order chi connectivity index (χ0) is 31.5. The molecular weight excluding hydrogens is 589 g/mol. The average Bonchev–Trinajstić information content (AvgIpc) is 3.06. The van der Waals surface area contributed by atoms with Crippen LogP contribution in [-0.2, 0) is 25.1 Å². The molecule has 5 aromatic carbocycles. The molecule has 0 N–H and O–H groups in total.